The molecule has 24 heavy (non-hydrogen) atoms. The van der Waals surface area contributed by atoms with Gasteiger partial charge in [-0.2, -0.15) is 0 Å². The highest BCUT2D eigenvalue weighted by Gasteiger charge is 2.27. The van der Waals surface area contributed by atoms with Gasteiger partial charge in [-0.3, -0.25) is 9.78 Å². The number of amides is 1. The molecule has 2 aromatic rings. The fourth-order valence-corrected chi connectivity index (χ4v) is 3.68. The highest BCUT2D eigenvalue weighted by Crippen LogP contribution is 2.22. The molecular formula is C17H23ClN4OS. The fourth-order valence-electron chi connectivity index (χ4n) is 2.95. The average Bonchev–Trinajstić information content (AvgIpc) is 2.84. The summed E-state index contributed by atoms with van der Waals surface area (Å²) in [7, 11) is 0. The van der Waals surface area contributed by atoms with Crippen LogP contribution in [0.3, 0.4) is 0 Å². The number of aromatic nitrogens is 2. The first-order valence-corrected chi connectivity index (χ1v) is 8.90. The van der Waals surface area contributed by atoms with E-state index >= 15 is 0 Å². The molecule has 1 saturated heterocycles. The number of hydrogen-bond donors (Lipinski definition) is 1. The molecule has 1 N–H and O–H groups in total. The van der Waals surface area contributed by atoms with Gasteiger partial charge in [-0.1, -0.05) is 6.07 Å². The third-order valence-electron chi connectivity index (χ3n) is 4.14. The van der Waals surface area contributed by atoms with Gasteiger partial charge < -0.3 is 10.2 Å². The normalized spacial score (nSPS) is 17.6. The van der Waals surface area contributed by atoms with Crippen molar-refractivity contribution in [2.75, 3.05) is 13.1 Å². The summed E-state index contributed by atoms with van der Waals surface area (Å²) in [5, 5.41) is 4.34. The number of thiazole rings is 1. The maximum atomic E-state index is 13.0. The summed E-state index contributed by atoms with van der Waals surface area (Å²) < 4.78 is 0. The van der Waals surface area contributed by atoms with Crippen LogP contribution in [-0.4, -0.2) is 39.9 Å². The molecule has 1 amide bonds. The van der Waals surface area contributed by atoms with E-state index in [4.69, 9.17) is 0 Å². The van der Waals surface area contributed by atoms with E-state index in [1.165, 1.54) is 11.3 Å². The van der Waals surface area contributed by atoms with Crippen LogP contribution in [0.4, 0.5) is 0 Å². The fraction of sp³-hybridized carbons (Fsp3) is 0.471. The maximum absolute atomic E-state index is 13.0. The molecule has 1 fully saturated rings. The molecule has 1 aliphatic rings. The molecule has 0 aromatic carbocycles. The molecule has 1 aliphatic heterocycles. The second-order valence-corrected chi connectivity index (χ2v) is 7.07. The number of rotatable bonds is 4. The lowest BCUT2D eigenvalue weighted by atomic mass is 10.1. The van der Waals surface area contributed by atoms with E-state index in [-0.39, 0.29) is 24.4 Å². The van der Waals surface area contributed by atoms with Gasteiger partial charge in [0, 0.05) is 12.2 Å². The van der Waals surface area contributed by atoms with Crippen LogP contribution in [0.25, 0.3) is 0 Å². The van der Waals surface area contributed by atoms with E-state index < -0.39 is 0 Å². The summed E-state index contributed by atoms with van der Waals surface area (Å²) in [4.78, 5) is 24.4. The Morgan fingerprint density at radius 1 is 1.33 bits per heavy atom. The smallest absolute Gasteiger partial charge is 0.266 e. The van der Waals surface area contributed by atoms with Crippen molar-refractivity contribution in [3.05, 3.63) is 46.2 Å². The van der Waals surface area contributed by atoms with E-state index in [2.05, 4.69) is 15.3 Å². The van der Waals surface area contributed by atoms with Crippen LogP contribution in [0.5, 0.6) is 0 Å². The topological polar surface area (TPSA) is 58.1 Å². The summed E-state index contributed by atoms with van der Waals surface area (Å²) in [6, 6.07) is 6.10. The van der Waals surface area contributed by atoms with Crippen LogP contribution in [0, 0.1) is 6.92 Å². The van der Waals surface area contributed by atoms with Crippen molar-refractivity contribution in [3.8, 4) is 0 Å². The zero-order valence-electron chi connectivity index (χ0n) is 13.8. The molecule has 1 unspecified atom stereocenters. The van der Waals surface area contributed by atoms with Crippen molar-refractivity contribution in [3.63, 3.8) is 0 Å². The number of aryl methyl sites for hydroxylation is 1. The van der Waals surface area contributed by atoms with Gasteiger partial charge in [0.1, 0.15) is 4.88 Å². The number of hydrogen-bond acceptors (Lipinski definition) is 5. The van der Waals surface area contributed by atoms with Crippen LogP contribution in [0.15, 0.2) is 30.6 Å². The van der Waals surface area contributed by atoms with Gasteiger partial charge in [-0.15, -0.1) is 23.7 Å². The van der Waals surface area contributed by atoms with E-state index in [0.29, 0.717) is 6.54 Å². The van der Waals surface area contributed by atoms with Gasteiger partial charge in [0.15, 0.2) is 0 Å². The van der Waals surface area contributed by atoms with Crippen molar-refractivity contribution in [1.29, 1.82) is 0 Å². The van der Waals surface area contributed by atoms with E-state index in [1.54, 1.807) is 12.4 Å². The minimum Gasteiger partial charge on any atom is -0.329 e. The monoisotopic (exact) mass is 366 g/mol. The van der Waals surface area contributed by atoms with Crippen molar-refractivity contribution in [2.24, 2.45) is 0 Å². The summed E-state index contributed by atoms with van der Waals surface area (Å²) in [5.74, 6) is 0.0770. The van der Waals surface area contributed by atoms with Crippen LogP contribution in [0.2, 0.25) is 0 Å². The molecule has 1 atom stereocenters. The number of nitrogens with one attached hydrogen (secondary N) is 1. The zero-order valence-corrected chi connectivity index (χ0v) is 15.4. The molecule has 130 valence electrons. The molecule has 5 nitrogen and oxygen atoms in total. The summed E-state index contributed by atoms with van der Waals surface area (Å²) in [6.45, 7) is 4.47. The number of carbonyl (C=O) groups excluding carboxylic acids is 1. The lowest BCUT2D eigenvalue weighted by molar-refractivity contribution is 0.0647. The molecule has 0 bridgehead atoms. The standard InChI is InChI=1S/C17H22N4OS.ClH/c1-13-20-11-16(23-13)17(22)21(12-14-5-2-3-9-19-14)15-6-4-8-18-10-7-15;/h2-3,5,9,11,15,18H,4,6-8,10,12H2,1H3;1H. The minimum absolute atomic E-state index is 0. The van der Waals surface area contributed by atoms with Crippen LogP contribution < -0.4 is 5.32 Å². The molecule has 0 aliphatic carbocycles. The van der Waals surface area contributed by atoms with E-state index in [1.807, 2.05) is 30.0 Å². The maximum Gasteiger partial charge on any atom is 0.266 e. The largest absolute Gasteiger partial charge is 0.329 e. The van der Waals surface area contributed by atoms with Gasteiger partial charge in [-0.25, -0.2) is 4.98 Å². The molecule has 0 spiro atoms. The molecular weight excluding hydrogens is 344 g/mol. The van der Waals surface area contributed by atoms with E-state index in [9.17, 15) is 4.79 Å². The summed E-state index contributed by atoms with van der Waals surface area (Å²) in [6.07, 6.45) is 6.59. The molecule has 0 radical (unpaired) electrons. The van der Waals surface area contributed by atoms with Crippen molar-refractivity contribution < 1.29 is 4.79 Å². The first kappa shape index (κ1) is 18.8. The SMILES string of the molecule is Cc1ncc(C(=O)N(Cc2ccccn2)C2CCCNCC2)s1.Cl. The number of pyridine rings is 1. The molecule has 3 heterocycles. The highest BCUT2D eigenvalue weighted by atomic mass is 35.5. The third kappa shape index (κ3) is 4.75. The summed E-state index contributed by atoms with van der Waals surface area (Å²) in [5.41, 5.74) is 0.930. The number of halogens is 1. The van der Waals surface area contributed by atoms with Gasteiger partial charge in [0.25, 0.3) is 5.91 Å². The summed E-state index contributed by atoms with van der Waals surface area (Å²) >= 11 is 1.47. The number of nitrogens with zero attached hydrogens (tertiary/aromatic N) is 3. The third-order valence-corrected chi connectivity index (χ3v) is 5.04. The van der Waals surface area contributed by atoms with Crippen LogP contribution >= 0.6 is 23.7 Å². The van der Waals surface area contributed by atoms with Gasteiger partial charge >= 0.3 is 0 Å². The van der Waals surface area contributed by atoms with Gasteiger partial charge in [-0.05, 0) is 51.4 Å². The predicted octanol–water partition coefficient (Wildman–Crippen LogP) is 3.05. The second-order valence-electron chi connectivity index (χ2n) is 5.83. The Morgan fingerprint density at radius 3 is 2.92 bits per heavy atom. The van der Waals surface area contributed by atoms with Crippen molar-refractivity contribution >= 4 is 29.7 Å². The Bertz CT molecular complexity index is 641. The Balaban J connectivity index is 0.00000208. The molecule has 2 aromatic heterocycles. The number of carbonyl (C=O) groups is 1. The Hall–Kier alpha value is -1.50. The Morgan fingerprint density at radius 2 is 2.21 bits per heavy atom. The quantitative estimate of drug-likeness (QED) is 0.903. The Kier molecular flexibility index (Phi) is 7.15. The average molecular weight is 367 g/mol. The first-order chi connectivity index (χ1) is 11.2. The minimum atomic E-state index is 0. The predicted molar refractivity (Wildman–Crippen MR) is 98.7 cm³/mol. The lowest BCUT2D eigenvalue weighted by Crippen LogP contribution is -2.40. The van der Waals surface area contributed by atoms with Crippen molar-refractivity contribution in [2.45, 2.75) is 38.8 Å². The van der Waals surface area contributed by atoms with Crippen LogP contribution in [-0.2, 0) is 6.54 Å². The zero-order chi connectivity index (χ0) is 16.1. The van der Waals surface area contributed by atoms with E-state index in [0.717, 1.165) is 47.9 Å². The molecule has 3 rings (SSSR count). The van der Waals surface area contributed by atoms with Gasteiger partial charge in [0.05, 0.1) is 23.4 Å². The highest BCUT2D eigenvalue weighted by molar-refractivity contribution is 7.13. The van der Waals surface area contributed by atoms with Gasteiger partial charge in [0.2, 0.25) is 0 Å². The lowest BCUT2D eigenvalue weighted by Gasteiger charge is -2.30. The molecule has 7 heteroatoms. The first-order valence-electron chi connectivity index (χ1n) is 8.08. The van der Waals surface area contributed by atoms with Crippen molar-refractivity contribution in [1.82, 2.24) is 20.2 Å². The van der Waals surface area contributed by atoms with Crippen LogP contribution in [0.1, 0.15) is 39.6 Å². The Labute approximate surface area is 152 Å². The second kappa shape index (κ2) is 9.11. The molecule has 0 saturated carbocycles.